The van der Waals surface area contributed by atoms with E-state index in [1.54, 1.807) is 0 Å². The molecule has 0 aliphatic heterocycles. The molecule has 0 radical (unpaired) electrons. The third-order valence-corrected chi connectivity index (χ3v) is 14.2. The molecule has 194 valence electrons. The average Bonchev–Trinajstić information content (AvgIpc) is 2.84. The van der Waals surface area contributed by atoms with E-state index in [1.807, 2.05) is 0 Å². The molecule has 2 rings (SSSR count). The summed E-state index contributed by atoms with van der Waals surface area (Å²) in [6.07, 6.45) is -0.838. The van der Waals surface area contributed by atoms with Crippen molar-refractivity contribution in [3.05, 3.63) is 81.5 Å². The number of unbranched alkanes of at least 4 members (excludes halogenated alkanes) is 1. The summed E-state index contributed by atoms with van der Waals surface area (Å²) >= 11 is 0. The molecule has 0 saturated heterocycles. The van der Waals surface area contributed by atoms with Crippen LogP contribution in [-0.4, -0.2) is 54.6 Å². The quantitative estimate of drug-likeness (QED) is 0.148. The molecule has 0 saturated carbocycles. The van der Waals surface area contributed by atoms with Gasteiger partial charge < -0.3 is 0 Å². The molecule has 2 aromatic rings. The normalized spacial score (nSPS) is 14.1. The molecule has 18 heteroatoms. The van der Waals surface area contributed by atoms with Gasteiger partial charge in [0.1, 0.15) is 0 Å². The highest BCUT2D eigenvalue weighted by Crippen LogP contribution is 2.25. The maximum absolute atomic E-state index is 12.7. The third kappa shape index (κ3) is 6.75. The molecule has 0 heterocycles. The third-order valence-electron chi connectivity index (χ3n) is 4.69. The molecule has 2 atom stereocenters. The molecule has 2 aromatic carbocycles. The second kappa shape index (κ2) is 11.7. The van der Waals surface area contributed by atoms with Crippen molar-refractivity contribution < 1.29 is 33.7 Å². The monoisotopic (exact) mass is 576 g/mol. The molecule has 0 N–H and O–H groups in total. The molecule has 0 aromatic heterocycles. The zero-order valence-electron chi connectivity index (χ0n) is 18.3. The summed E-state index contributed by atoms with van der Waals surface area (Å²) < 4.78 is 96.7. The molecule has 0 aliphatic rings. The lowest BCUT2D eigenvalue weighted by Crippen LogP contribution is -2.32. The van der Waals surface area contributed by atoms with Crippen molar-refractivity contribution in [2.45, 2.75) is 32.0 Å². The van der Waals surface area contributed by atoms with Crippen molar-refractivity contribution in [3.8, 4) is 0 Å². The Labute approximate surface area is 207 Å². The van der Waals surface area contributed by atoms with Crippen molar-refractivity contribution in [2.24, 2.45) is 10.2 Å². The summed E-state index contributed by atoms with van der Waals surface area (Å²) in [6.45, 7) is 0. The lowest BCUT2D eigenvalue weighted by Gasteiger charge is -2.15. The Bertz CT molecular complexity index is 1480. The van der Waals surface area contributed by atoms with E-state index in [2.05, 4.69) is 20.1 Å². The fraction of sp³-hybridized carbons (Fsp3) is 0.333. The van der Waals surface area contributed by atoms with Gasteiger partial charge in [-0.2, -0.15) is 0 Å². The first kappa shape index (κ1) is 29.1. The van der Waals surface area contributed by atoms with Crippen LogP contribution in [0.1, 0.15) is 12.8 Å². The van der Waals surface area contributed by atoms with Crippen LogP contribution in [0.5, 0.6) is 0 Å². The fourth-order valence-corrected chi connectivity index (χ4v) is 11.2. The molecule has 0 spiro atoms. The predicted octanol–water partition coefficient (Wildman–Crippen LogP) is 2.73. The topological polar surface area (TPSA) is 234 Å². The Morgan fingerprint density at radius 2 is 0.889 bits per heavy atom. The van der Waals surface area contributed by atoms with Crippen LogP contribution in [0.4, 0.5) is 0 Å². The van der Waals surface area contributed by atoms with Gasteiger partial charge in [0, 0.05) is 9.82 Å². The van der Waals surface area contributed by atoms with Crippen LogP contribution in [0.3, 0.4) is 0 Å². The minimum absolute atomic E-state index is 0.392. The standard InChI is InChI=1S/C18H20N6O8S4/c19-23-21-17(35(29,30)15-9-3-1-4-10-15)33(25,26)13-7-8-14-34(27,28)18(22-24-20)36(31,32)16-11-5-2-6-12-16/h1-6,9-12,17-18H,7-8,13-14H2. The minimum Gasteiger partial charge on any atom is -0.227 e. The number of rotatable bonds is 13. The average molecular weight is 577 g/mol. The lowest BCUT2D eigenvalue weighted by molar-refractivity contribution is 0.566. The smallest absolute Gasteiger partial charge is 0.227 e. The highest BCUT2D eigenvalue weighted by Gasteiger charge is 2.39. The predicted molar refractivity (Wildman–Crippen MR) is 130 cm³/mol. The van der Waals surface area contributed by atoms with E-state index in [0.29, 0.717) is 0 Å². The SMILES string of the molecule is [N-]=[N+]=NC(S(=O)(=O)CCCCS(=O)(=O)C(N=[N+]=[N-])S(=O)(=O)c1ccccc1)S(=O)(=O)c1ccccc1. The van der Waals surface area contributed by atoms with E-state index in [-0.39, 0.29) is 0 Å². The number of hydrogen-bond acceptors (Lipinski definition) is 10. The highest BCUT2D eigenvalue weighted by molar-refractivity contribution is 8.09. The molecule has 0 bridgehead atoms. The van der Waals surface area contributed by atoms with Crippen LogP contribution < -0.4 is 0 Å². The first-order chi connectivity index (χ1) is 16.8. The molecule has 2 unspecified atom stereocenters. The van der Waals surface area contributed by atoms with Gasteiger partial charge in [-0.05, 0) is 48.2 Å². The molecule has 36 heavy (non-hydrogen) atoms. The zero-order valence-corrected chi connectivity index (χ0v) is 21.6. The molecule has 14 nitrogen and oxygen atoms in total. The van der Waals surface area contributed by atoms with Gasteiger partial charge in [0.2, 0.25) is 29.1 Å². The second-order valence-electron chi connectivity index (χ2n) is 7.18. The molecular formula is C18H20N6O8S4. The first-order valence-electron chi connectivity index (χ1n) is 9.90. The van der Waals surface area contributed by atoms with Crippen LogP contribution in [0.25, 0.3) is 20.9 Å². The summed E-state index contributed by atoms with van der Waals surface area (Å²) in [7, 11) is -18.5. The van der Waals surface area contributed by atoms with Gasteiger partial charge in [0.25, 0.3) is 0 Å². The van der Waals surface area contributed by atoms with Gasteiger partial charge in [0.15, 0.2) is 19.7 Å². The van der Waals surface area contributed by atoms with E-state index in [1.165, 1.54) is 36.4 Å². The van der Waals surface area contributed by atoms with Crippen molar-refractivity contribution in [1.82, 2.24) is 0 Å². The number of hydrogen-bond donors (Lipinski definition) is 0. The molecule has 0 aliphatic carbocycles. The van der Waals surface area contributed by atoms with E-state index in [0.717, 1.165) is 24.3 Å². The molecule has 0 amide bonds. The van der Waals surface area contributed by atoms with Crippen molar-refractivity contribution in [3.63, 3.8) is 0 Å². The lowest BCUT2D eigenvalue weighted by atomic mass is 10.4. The number of benzene rings is 2. The minimum atomic E-state index is -4.62. The summed E-state index contributed by atoms with van der Waals surface area (Å²) in [4.78, 5) is 3.85. The summed E-state index contributed by atoms with van der Waals surface area (Å²) in [6, 6.07) is 12.9. The maximum Gasteiger partial charge on any atom is 0.245 e. The van der Waals surface area contributed by atoms with Gasteiger partial charge >= 0.3 is 0 Å². The zero-order chi connectivity index (χ0) is 27.0. The van der Waals surface area contributed by atoms with Crippen LogP contribution >= 0.6 is 0 Å². The summed E-state index contributed by atoms with van der Waals surface area (Å²) in [5.74, 6) is -1.76. The Morgan fingerprint density at radius 3 is 1.17 bits per heavy atom. The van der Waals surface area contributed by atoms with E-state index >= 15 is 0 Å². The fourth-order valence-electron chi connectivity index (χ4n) is 3.00. The van der Waals surface area contributed by atoms with Gasteiger partial charge in [0.05, 0.1) is 21.3 Å². The maximum atomic E-state index is 12.7. The summed E-state index contributed by atoms with van der Waals surface area (Å²) in [5, 5.41) is 5.88. The van der Waals surface area contributed by atoms with Crippen molar-refractivity contribution in [1.29, 1.82) is 0 Å². The van der Waals surface area contributed by atoms with Crippen LogP contribution in [0.2, 0.25) is 0 Å². The largest absolute Gasteiger partial charge is 0.245 e. The van der Waals surface area contributed by atoms with Crippen molar-refractivity contribution in [2.75, 3.05) is 11.5 Å². The van der Waals surface area contributed by atoms with Crippen molar-refractivity contribution >= 4 is 39.3 Å². The van der Waals surface area contributed by atoms with Crippen LogP contribution in [-0.2, 0) is 39.3 Å². The van der Waals surface area contributed by atoms with E-state index < -0.39 is 82.9 Å². The number of azide groups is 2. The summed E-state index contributed by atoms with van der Waals surface area (Å²) in [5.41, 5.74) is 17.4. The van der Waals surface area contributed by atoms with Gasteiger partial charge in [-0.25, -0.2) is 33.7 Å². The van der Waals surface area contributed by atoms with Gasteiger partial charge in [-0.15, -0.1) is 0 Å². The Kier molecular flexibility index (Phi) is 9.48. The first-order valence-corrected chi connectivity index (χ1v) is 16.4. The Morgan fingerprint density at radius 1 is 0.583 bits per heavy atom. The molecular weight excluding hydrogens is 557 g/mol. The molecule has 0 fully saturated rings. The van der Waals surface area contributed by atoms with Gasteiger partial charge in [-0.1, -0.05) is 46.6 Å². The van der Waals surface area contributed by atoms with E-state index in [4.69, 9.17) is 11.1 Å². The Hall–Kier alpha value is -3.14. The van der Waals surface area contributed by atoms with Gasteiger partial charge in [-0.3, -0.25) is 0 Å². The Balaban J connectivity index is 2.20. The van der Waals surface area contributed by atoms with Crippen LogP contribution in [0.15, 0.2) is 80.7 Å². The van der Waals surface area contributed by atoms with Crippen LogP contribution in [0, 0.1) is 0 Å². The highest BCUT2D eigenvalue weighted by atomic mass is 32.3. The van der Waals surface area contributed by atoms with E-state index in [9.17, 15) is 33.7 Å². The number of nitrogens with zero attached hydrogens (tertiary/aromatic N) is 6. The number of sulfone groups is 4. The second-order valence-corrected chi connectivity index (χ2v) is 16.2.